The molecule has 2 rings (SSSR count). The molecule has 0 radical (unpaired) electrons. The van der Waals surface area contributed by atoms with Gasteiger partial charge >= 0.3 is 0 Å². The molecule has 1 unspecified atom stereocenters. The smallest absolute Gasteiger partial charge is 0.0749 e. The molecule has 2 aromatic rings. The first-order valence-electron chi connectivity index (χ1n) is 5.15. The lowest BCUT2D eigenvalue weighted by Gasteiger charge is -2.09. The van der Waals surface area contributed by atoms with E-state index < -0.39 is 0 Å². The van der Waals surface area contributed by atoms with Crippen molar-refractivity contribution < 1.29 is 0 Å². The van der Waals surface area contributed by atoms with Crippen LogP contribution in [0.1, 0.15) is 20.1 Å². The maximum Gasteiger partial charge on any atom is 0.0749 e. The molecule has 0 saturated carbocycles. The lowest BCUT2D eigenvalue weighted by atomic mass is 10.1. The molecule has 0 aliphatic heterocycles. The molecular formula is C13H12Br2S2. The van der Waals surface area contributed by atoms with Crippen LogP contribution in [0.15, 0.2) is 39.7 Å². The van der Waals surface area contributed by atoms with Crippen LogP contribution in [-0.2, 0) is 0 Å². The molecule has 0 saturated heterocycles. The summed E-state index contributed by atoms with van der Waals surface area (Å²) in [6, 6.07) is 10.9. The standard InChI is InChI=1S/C13H12Br2S2/c1-8-7-11(14)13(17-8)12(15)9-3-5-10(16-2)6-4-9/h3-7,12H,1-2H3. The van der Waals surface area contributed by atoms with Gasteiger partial charge in [-0.1, -0.05) is 28.1 Å². The fraction of sp³-hybridized carbons (Fsp3) is 0.231. The van der Waals surface area contributed by atoms with Crippen LogP contribution in [0.25, 0.3) is 0 Å². The number of hydrogen-bond acceptors (Lipinski definition) is 2. The summed E-state index contributed by atoms with van der Waals surface area (Å²) >= 11 is 11.0. The Morgan fingerprint density at radius 2 is 1.88 bits per heavy atom. The normalized spacial score (nSPS) is 12.7. The number of alkyl halides is 1. The van der Waals surface area contributed by atoms with Crippen molar-refractivity contribution in [2.75, 3.05) is 6.26 Å². The van der Waals surface area contributed by atoms with Crippen molar-refractivity contribution in [2.24, 2.45) is 0 Å². The molecule has 17 heavy (non-hydrogen) atoms. The zero-order valence-corrected chi connectivity index (χ0v) is 14.3. The van der Waals surface area contributed by atoms with E-state index in [4.69, 9.17) is 0 Å². The highest BCUT2D eigenvalue weighted by Gasteiger charge is 2.16. The van der Waals surface area contributed by atoms with Gasteiger partial charge in [0, 0.05) is 19.1 Å². The van der Waals surface area contributed by atoms with E-state index in [2.05, 4.69) is 75.4 Å². The third kappa shape index (κ3) is 3.16. The Kier molecular flexibility index (Phi) is 4.75. The van der Waals surface area contributed by atoms with Crippen molar-refractivity contribution in [3.05, 3.63) is 50.1 Å². The summed E-state index contributed by atoms with van der Waals surface area (Å²) < 4.78 is 1.19. The van der Waals surface area contributed by atoms with Gasteiger partial charge in [-0.05, 0) is 52.9 Å². The molecule has 1 atom stereocenters. The number of aryl methyl sites for hydroxylation is 1. The Labute approximate surface area is 127 Å². The van der Waals surface area contributed by atoms with Crippen LogP contribution >= 0.6 is 55.0 Å². The zero-order valence-electron chi connectivity index (χ0n) is 9.54. The van der Waals surface area contributed by atoms with Crippen LogP contribution in [0, 0.1) is 6.92 Å². The second-order valence-corrected chi connectivity index (χ2v) is 7.64. The number of hydrogen-bond donors (Lipinski definition) is 0. The molecule has 0 aliphatic rings. The first-order chi connectivity index (χ1) is 8.11. The van der Waals surface area contributed by atoms with Crippen molar-refractivity contribution in [1.82, 2.24) is 0 Å². The summed E-state index contributed by atoms with van der Waals surface area (Å²) in [4.78, 5) is 4.23. The summed E-state index contributed by atoms with van der Waals surface area (Å²) in [6.45, 7) is 2.13. The summed E-state index contributed by atoms with van der Waals surface area (Å²) in [7, 11) is 0. The largest absolute Gasteiger partial charge is 0.143 e. The molecule has 4 heteroatoms. The molecule has 0 fully saturated rings. The first kappa shape index (κ1) is 13.7. The summed E-state index contributed by atoms with van der Waals surface area (Å²) in [5.41, 5.74) is 1.30. The number of halogens is 2. The molecular weight excluding hydrogens is 380 g/mol. The van der Waals surface area contributed by atoms with Crippen LogP contribution < -0.4 is 0 Å². The maximum absolute atomic E-state index is 3.78. The summed E-state index contributed by atoms with van der Waals surface area (Å²) in [5, 5.41) is 0. The van der Waals surface area contributed by atoms with Gasteiger partial charge in [0.25, 0.3) is 0 Å². The second kappa shape index (κ2) is 5.91. The Balaban J connectivity index is 2.30. The minimum atomic E-state index is 0.270. The third-order valence-corrected chi connectivity index (χ3v) is 6.54. The number of thioether (sulfide) groups is 1. The van der Waals surface area contributed by atoms with E-state index in [1.54, 1.807) is 11.8 Å². The highest BCUT2D eigenvalue weighted by molar-refractivity contribution is 9.11. The van der Waals surface area contributed by atoms with Gasteiger partial charge in [-0.2, -0.15) is 0 Å². The van der Waals surface area contributed by atoms with E-state index in [0.29, 0.717) is 0 Å². The highest BCUT2D eigenvalue weighted by Crippen LogP contribution is 2.40. The van der Waals surface area contributed by atoms with Crippen molar-refractivity contribution in [1.29, 1.82) is 0 Å². The Morgan fingerprint density at radius 3 is 2.35 bits per heavy atom. The fourth-order valence-corrected chi connectivity index (χ4v) is 5.03. The Bertz CT molecular complexity index is 503. The van der Waals surface area contributed by atoms with Crippen molar-refractivity contribution in [2.45, 2.75) is 16.6 Å². The predicted molar refractivity (Wildman–Crippen MR) is 85.7 cm³/mol. The van der Waals surface area contributed by atoms with Crippen molar-refractivity contribution >= 4 is 55.0 Å². The Morgan fingerprint density at radius 1 is 1.24 bits per heavy atom. The molecule has 1 aromatic carbocycles. The van der Waals surface area contributed by atoms with Crippen molar-refractivity contribution in [3.8, 4) is 0 Å². The summed E-state index contributed by atoms with van der Waals surface area (Å²) in [5.74, 6) is 0. The number of rotatable bonds is 3. The topological polar surface area (TPSA) is 0 Å². The van der Waals surface area contributed by atoms with Gasteiger partial charge in [-0.15, -0.1) is 23.1 Å². The van der Waals surface area contributed by atoms with Crippen molar-refractivity contribution in [3.63, 3.8) is 0 Å². The van der Waals surface area contributed by atoms with E-state index in [9.17, 15) is 0 Å². The molecule has 0 aliphatic carbocycles. The fourth-order valence-electron chi connectivity index (χ4n) is 1.60. The van der Waals surface area contributed by atoms with Gasteiger partial charge in [0.1, 0.15) is 0 Å². The van der Waals surface area contributed by atoms with E-state index in [1.807, 2.05) is 11.3 Å². The molecule has 0 bridgehead atoms. The van der Waals surface area contributed by atoms with Crippen LogP contribution in [0.4, 0.5) is 0 Å². The molecule has 1 heterocycles. The lowest BCUT2D eigenvalue weighted by Crippen LogP contribution is -1.90. The van der Waals surface area contributed by atoms with E-state index >= 15 is 0 Å². The van der Waals surface area contributed by atoms with Gasteiger partial charge in [0.15, 0.2) is 0 Å². The maximum atomic E-state index is 3.78. The van der Waals surface area contributed by atoms with E-state index in [1.165, 1.54) is 24.7 Å². The molecule has 0 amide bonds. The number of thiophene rings is 1. The first-order valence-corrected chi connectivity index (χ1v) is 8.90. The highest BCUT2D eigenvalue weighted by atomic mass is 79.9. The van der Waals surface area contributed by atoms with E-state index in [-0.39, 0.29) is 4.83 Å². The monoisotopic (exact) mass is 390 g/mol. The average molecular weight is 392 g/mol. The minimum absolute atomic E-state index is 0.270. The quantitative estimate of drug-likeness (QED) is 0.454. The molecule has 90 valence electrons. The van der Waals surface area contributed by atoms with Gasteiger partial charge in [0.05, 0.1) is 4.83 Å². The van der Waals surface area contributed by atoms with Gasteiger partial charge in [-0.3, -0.25) is 0 Å². The zero-order chi connectivity index (χ0) is 12.4. The molecule has 1 aromatic heterocycles. The molecule has 0 spiro atoms. The number of benzene rings is 1. The van der Waals surface area contributed by atoms with Gasteiger partial charge in [0.2, 0.25) is 0 Å². The predicted octanol–water partition coefficient (Wildman–Crippen LogP) is 6.03. The van der Waals surface area contributed by atoms with Crippen LogP contribution in [0.3, 0.4) is 0 Å². The second-order valence-electron chi connectivity index (χ2n) is 3.70. The Hall–Kier alpha value is 0.230. The summed E-state index contributed by atoms with van der Waals surface area (Å²) in [6.07, 6.45) is 2.10. The average Bonchev–Trinajstić information content (AvgIpc) is 2.68. The van der Waals surface area contributed by atoms with E-state index in [0.717, 1.165) is 0 Å². The van der Waals surface area contributed by atoms with Gasteiger partial charge < -0.3 is 0 Å². The van der Waals surface area contributed by atoms with Crippen LogP contribution in [0.2, 0.25) is 0 Å². The minimum Gasteiger partial charge on any atom is -0.143 e. The van der Waals surface area contributed by atoms with Crippen LogP contribution in [-0.4, -0.2) is 6.26 Å². The van der Waals surface area contributed by atoms with Gasteiger partial charge in [-0.25, -0.2) is 0 Å². The molecule has 0 N–H and O–H groups in total. The third-order valence-electron chi connectivity index (χ3n) is 2.47. The molecule has 0 nitrogen and oxygen atoms in total. The SMILES string of the molecule is CSc1ccc(C(Br)c2sc(C)cc2Br)cc1. The van der Waals surface area contributed by atoms with Crippen LogP contribution in [0.5, 0.6) is 0 Å². The lowest BCUT2D eigenvalue weighted by molar-refractivity contribution is 1.20.